The van der Waals surface area contributed by atoms with Crippen molar-refractivity contribution in [3.05, 3.63) is 10.6 Å². The summed E-state index contributed by atoms with van der Waals surface area (Å²) in [6.45, 7) is 3.12. The number of aromatic nitrogens is 1. The van der Waals surface area contributed by atoms with E-state index in [2.05, 4.69) is 35.9 Å². The monoisotopic (exact) mass is 271 g/mol. The zero-order chi connectivity index (χ0) is 12.3. The van der Waals surface area contributed by atoms with Crippen molar-refractivity contribution in [2.24, 2.45) is 0 Å². The van der Waals surface area contributed by atoms with Crippen molar-refractivity contribution in [3.8, 4) is 0 Å². The molecule has 1 aliphatic heterocycles. The predicted octanol–water partition coefficient (Wildman–Crippen LogP) is 2.37. The third-order valence-electron chi connectivity index (χ3n) is 3.19. The van der Waals surface area contributed by atoms with Crippen LogP contribution in [-0.4, -0.2) is 36.6 Å². The molecule has 96 valence electrons. The van der Waals surface area contributed by atoms with E-state index in [0.717, 1.165) is 13.0 Å². The van der Waals surface area contributed by atoms with E-state index in [9.17, 15) is 0 Å². The molecule has 1 unspecified atom stereocenters. The van der Waals surface area contributed by atoms with Crippen LogP contribution in [0.1, 0.15) is 23.9 Å². The van der Waals surface area contributed by atoms with Crippen molar-refractivity contribution in [1.82, 2.24) is 10.3 Å². The normalized spacial score (nSPS) is 19.8. The zero-order valence-electron chi connectivity index (χ0n) is 10.8. The van der Waals surface area contributed by atoms with Gasteiger partial charge in [0.15, 0.2) is 5.13 Å². The zero-order valence-corrected chi connectivity index (χ0v) is 12.5. The van der Waals surface area contributed by atoms with Gasteiger partial charge in [0.2, 0.25) is 0 Å². The van der Waals surface area contributed by atoms with Crippen LogP contribution in [0, 0.1) is 0 Å². The lowest BCUT2D eigenvalue weighted by Crippen LogP contribution is -2.31. The molecule has 1 saturated heterocycles. The number of rotatable bonds is 5. The Labute approximate surface area is 112 Å². The Morgan fingerprint density at radius 3 is 2.94 bits per heavy atom. The summed E-state index contributed by atoms with van der Waals surface area (Å²) in [6.07, 6.45) is 2.32. The highest BCUT2D eigenvalue weighted by Crippen LogP contribution is 2.31. The van der Waals surface area contributed by atoms with Gasteiger partial charge in [0.25, 0.3) is 0 Å². The van der Waals surface area contributed by atoms with Gasteiger partial charge in [-0.1, -0.05) is 6.92 Å². The number of nitrogens with one attached hydrogen (secondary N) is 1. The van der Waals surface area contributed by atoms with Crippen LogP contribution in [0.2, 0.25) is 0 Å². The van der Waals surface area contributed by atoms with Crippen LogP contribution in [0.15, 0.2) is 0 Å². The second kappa shape index (κ2) is 6.07. The topological polar surface area (TPSA) is 28.2 Å². The lowest BCUT2D eigenvalue weighted by atomic mass is 10.2. The fourth-order valence-corrected chi connectivity index (χ4v) is 4.54. The molecule has 1 aliphatic rings. The molecular weight excluding hydrogens is 250 g/mol. The van der Waals surface area contributed by atoms with E-state index >= 15 is 0 Å². The van der Waals surface area contributed by atoms with Crippen molar-refractivity contribution < 1.29 is 0 Å². The Kier molecular flexibility index (Phi) is 4.70. The summed E-state index contributed by atoms with van der Waals surface area (Å²) < 4.78 is 0. The minimum atomic E-state index is 0.679. The Balaban J connectivity index is 2.14. The summed E-state index contributed by atoms with van der Waals surface area (Å²) in [6, 6.07) is 0.679. The molecule has 1 fully saturated rings. The SMILES string of the molecule is CCc1nc(N(C)C2CCSC2)sc1CNC. The molecule has 1 aromatic rings. The van der Waals surface area contributed by atoms with Gasteiger partial charge < -0.3 is 10.2 Å². The highest BCUT2D eigenvalue weighted by atomic mass is 32.2. The molecule has 0 saturated carbocycles. The van der Waals surface area contributed by atoms with E-state index in [1.807, 2.05) is 18.4 Å². The van der Waals surface area contributed by atoms with Crippen LogP contribution in [0.25, 0.3) is 0 Å². The second-order valence-electron chi connectivity index (χ2n) is 4.38. The third kappa shape index (κ3) is 2.95. The molecule has 3 nitrogen and oxygen atoms in total. The van der Waals surface area contributed by atoms with Crippen LogP contribution in [0.4, 0.5) is 5.13 Å². The van der Waals surface area contributed by atoms with Gasteiger partial charge in [0, 0.05) is 30.3 Å². The number of thiazole rings is 1. The number of aryl methyl sites for hydroxylation is 1. The van der Waals surface area contributed by atoms with Crippen LogP contribution >= 0.6 is 23.1 Å². The van der Waals surface area contributed by atoms with Gasteiger partial charge in [-0.2, -0.15) is 11.8 Å². The summed E-state index contributed by atoms with van der Waals surface area (Å²) in [7, 11) is 4.19. The molecule has 5 heteroatoms. The summed E-state index contributed by atoms with van der Waals surface area (Å²) in [5.74, 6) is 2.54. The summed E-state index contributed by atoms with van der Waals surface area (Å²) in [4.78, 5) is 8.56. The van der Waals surface area contributed by atoms with Gasteiger partial charge in [-0.25, -0.2) is 4.98 Å². The lowest BCUT2D eigenvalue weighted by Gasteiger charge is -2.22. The van der Waals surface area contributed by atoms with E-state index in [1.165, 1.54) is 33.6 Å². The quantitative estimate of drug-likeness (QED) is 0.890. The first-order valence-corrected chi connectivity index (χ1v) is 8.17. The number of hydrogen-bond donors (Lipinski definition) is 1. The van der Waals surface area contributed by atoms with E-state index < -0.39 is 0 Å². The van der Waals surface area contributed by atoms with Gasteiger partial charge in [0.05, 0.1) is 5.69 Å². The average molecular weight is 271 g/mol. The van der Waals surface area contributed by atoms with Gasteiger partial charge >= 0.3 is 0 Å². The molecule has 0 aliphatic carbocycles. The number of anilines is 1. The first kappa shape index (κ1) is 13.2. The van der Waals surface area contributed by atoms with Gasteiger partial charge in [0.1, 0.15) is 0 Å². The van der Waals surface area contributed by atoms with E-state index in [-0.39, 0.29) is 0 Å². The first-order valence-electron chi connectivity index (χ1n) is 6.20. The van der Waals surface area contributed by atoms with Gasteiger partial charge in [-0.05, 0) is 25.6 Å². The van der Waals surface area contributed by atoms with Crippen LogP contribution < -0.4 is 10.2 Å². The summed E-state index contributed by atoms with van der Waals surface area (Å²) in [5.41, 5.74) is 1.26. The summed E-state index contributed by atoms with van der Waals surface area (Å²) in [5, 5.41) is 4.42. The van der Waals surface area contributed by atoms with E-state index in [0.29, 0.717) is 6.04 Å². The third-order valence-corrected chi connectivity index (χ3v) is 5.53. The number of hydrogen-bond acceptors (Lipinski definition) is 5. The Morgan fingerprint density at radius 1 is 1.53 bits per heavy atom. The highest BCUT2D eigenvalue weighted by molar-refractivity contribution is 7.99. The largest absolute Gasteiger partial charge is 0.347 e. The maximum absolute atomic E-state index is 4.79. The highest BCUT2D eigenvalue weighted by Gasteiger charge is 2.23. The molecule has 2 rings (SSSR count). The molecule has 0 radical (unpaired) electrons. The second-order valence-corrected chi connectivity index (χ2v) is 6.59. The van der Waals surface area contributed by atoms with Gasteiger partial charge in [-0.3, -0.25) is 0 Å². The van der Waals surface area contributed by atoms with Crippen molar-refractivity contribution in [2.45, 2.75) is 32.4 Å². The van der Waals surface area contributed by atoms with Crippen molar-refractivity contribution in [2.75, 3.05) is 30.5 Å². The van der Waals surface area contributed by atoms with Gasteiger partial charge in [-0.15, -0.1) is 11.3 Å². The first-order chi connectivity index (χ1) is 8.26. The standard InChI is InChI=1S/C12H21N3S2/c1-4-10-11(7-13-2)17-12(14-10)15(3)9-5-6-16-8-9/h9,13H,4-8H2,1-3H3. The smallest absolute Gasteiger partial charge is 0.185 e. The molecule has 0 bridgehead atoms. The minimum Gasteiger partial charge on any atom is -0.347 e. The van der Waals surface area contributed by atoms with Crippen LogP contribution in [-0.2, 0) is 13.0 Å². The maximum atomic E-state index is 4.79. The fraction of sp³-hybridized carbons (Fsp3) is 0.750. The average Bonchev–Trinajstić information content (AvgIpc) is 2.97. The molecule has 1 N–H and O–H groups in total. The van der Waals surface area contributed by atoms with E-state index in [1.54, 1.807) is 0 Å². The summed E-state index contributed by atoms with van der Waals surface area (Å²) >= 11 is 3.90. The Bertz CT molecular complexity index is 359. The number of nitrogens with zero attached hydrogens (tertiary/aromatic N) is 2. The Hall–Kier alpha value is -0.260. The predicted molar refractivity (Wildman–Crippen MR) is 78.4 cm³/mol. The molecule has 17 heavy (non-hydrogen) atoms. The van der Waals surface area contributed by atoms with Crippen molar-refractivity contribution in [3.63, 3.8) is 0 Å². The molecule has 0 aromatic carbocycles. The van der Waals surface area contributed by atoms with Crippen molar-refractivity contribution >= 4 is 28.2 Å². The van der Waals surface area contributed by atoms with Crippen molar-refractivity contribution in [1.29, 1.82) is 0 Å². The number of thioether (sulfide) groups is 1. The molecule has 1 atom stereocenters. The Morgan fingerprint density at radius 2 is 2.35 bits per heavy atom. The fourth-order valence-electron chi connectivity index (χ4n) is 2.08. The molecular formula is C12H21N3S2. The molecule has 0 spiro atoms. The van der Waals surface area contributed by atoms with E-state index in [4.69, 9.17) is 4.98 Å². The van der Waals surface area contributed by atoms with Crippen LogP contribution in [0.3, 0.4) is 0 Å². The molecule has 0 amide bonds. The molecule has 2 heterocycles. The lowest BCUT2D eigenvalue weighted by molar-refractivity contribution is 0.696. The van der Waals surface area contributed by atoms with Crippen LogP contribution in [0.5, 0.6) is 0 Å². The maximum Gasteiger partial charge on any atom is 0.185 e. The minimum absolute atomic E-state index is 0.679. The molecule has 1 aromatic heterocycles.